The highest BCUT2D eigenvalue weighted by molar-refractivity contribution is 6.34. The van der Waals surface area contributed by atoms with Crippen LogP contribution in [-0.2, 0) is 4.79 Å². The molecular formula is C16H13Cl2NO3. The fourth-order valence-electron chi connectivity index (χ4n) is 1.85. The van der Waals surface area contributed by atoms with Gasteiger partial charge in [-0.2, -0.15) is 0 Å². The number of carbonyl (C=O) groups excluding carboxylic acids is 2. The number of amides is 1. The van der Waals surface area contributed by atoms with E-state index in [1.165, 1.54) is 6.92 Å². The van der Waals surface area contributed by atoms with Crippen LogP contribution in [0.5, 0.6) is 5.75 Å². The van der Waals surface area contributed by atoms with Crippen molar-refractivity contribution in [2.24, 2.45) is 0 Å². The highest BCUT2D eigenvalue weighted by Gasteiger charge is 2.10. The minimum Gasteiger partial charge on any atom is -0.484 e. The monoisotopic (exact) mass is 337 g/mol. The molecular weight excluding hydrogens is 325 g/mol. The second-order valence-corrected chi connectivity index (χ2v) is 5.42. The summed E-state index contributed by atoms with van der Waals surface area (Å²) < 4.78 is 5.34. The first-order valence-electron chi connectivity index (χ1n) is 6.44. The number of nitrogens with one attached hydrogen (secondary N) is 1. The van der Waals surface area contributed by atoms with Crippen LogP contribution in [0, 0.1) is 0 Å². The van der Waals surface area contributed by atoms with Crippen LogP contribution in [0.1, 0.15) is 17.3 Å². The third-order valence-corrected chi connectivity index (χ3v) is 3.22. The third-order valence-electron chi connectivity index (χ3n) is 2.79. The van der Waals surface area contributed by atoms with E-state index in [2.05, 4.69) is 5.32 Å². The Morgan fingerprint density at radius 1 is 1.09 bits per heavy atom. The average molecular weight is 338 g/mol. The predicted octanol–water partition coefficient (Wildman–Crippen LogP) is 4.21. The lowest BCUT2D eigenvalue weighted by Crippen LogP contribution is -2.21. The van der Waals surface area contributed by atoms with Gasteiger partial charge in [-0.25, -0.2) is 0 Å². The smallest absolute Gasteiger partial charge is 0.262 e. The number of Topliss-reactive ketones (excluding diaryl/α,β-unsaturated/α-hetero) is 1. The van der Waals surface area contributed by atoms with E-state index in [-0.39, 0.29) is 18.3 Å². The van der Waals surface area contributed by atoms with Gasteiger partial charge in [0.2, 0.25) is 0 Å². The fourth-order valence-corrected chi connectivity index (χ4v) is 2.35. The molecule has 4 nitrogen and oxygen atoms in total. The SMILES string of the molecule is CC(=O)c1ccccc1NC(=O)COc1cc(Cl)cc(Cl)c1. The van der Waals surface area contributed by atoms with E-state index < -0.39 is 0 Å². The van der Waals surface area contributed by atoms with Crippen molar-refractivity contribution in [3.05, 3.63) is 58.1 Å². The number of ether oxygens (including phenoxy) is 1. The van der Waals surface area contributed by atoms with Gasteiger partial charge in [0, 0.05) is 15.6 Å². The molecule has 0 saturated heterocycles. The lowest BCUT2D eigenvalue weighted by molar-refractivity contribution is -0.118. The number of para-hydroxylation sites is 1. The molecule has 0 heterocycles. The van der Waals surface area contributed by atoms with E-state index in [0.717, 1.165) is 0 Å². The van der Waals surface area contributed by atoms with Crippen LogP contribution in [0.4, 0.5) is 5.69 Å². The molecule has 0 radical (unpaired) electrons. The molecule has 1 N–H and O–H groups in total. The number of halogens is 2. The van der Waals surface area contributed by atoms with Crippen molar-refractivity contribution in [3.63, 3.8) is 0 Å². The second-order valence-electron chi connectivity index (χ2n) is 4.54. The van der Waals surface area contributed by atoms with E-state index in [1.54, 1.807) is 42.5 Å². The van der Waals surface area contributed by atoms with Crippen LogP contribution >= 0.6 is 23.2 Å². The Kier molecular flexibility index (Phi) is 5.41. The Bertz CT molecular complexity index is 696. The Morgan fingerprint density at radius 2 is 1.73 bits per heavy atom. The van der Waals surface area contributed by atoms with Crippen molar-refractivity contribution < 1.29 is 14.3 Å². The molecule has 0 unspecified atom stereocenters. The van der Waals surface area contributed by atoms with Gasteiger partial charge in [-0.3, -0.25) is 9.59 Å². The minimum atomic E-state index is -0.384. The van der Waals surface area contributed by atoms with Crippen molar-refractivity contribution in [1.29, 1.82) is 0 Å². The Balaban J connectivity index is 2.00. The number of carbonyl (C=O) groups is 2. The van der Waals surface area contributed by atoms with Gasteiger partial charge in [0.05, 0.1) is 5.69 Å². The molecule has 0 atom stereocenters. The molecule has 0 aliphatic heterocycles. The quantitative estimate of drug-likeness (QED) is 0.831. The molecule has 0 aliphatic carbocycles. The van der Waals surface area contributed by atoms with Gasteiger partial charge in [0.15, 0.2) is 12.4 Å². The summed E-state index contributed by atoms with van der Waals surface area (Å²) in [5.74, 6) is -0.115. The maximum Gasteiger partial charge on any atom is 0.262 e. The molecule has 6 heteroatoms. The molecule has 0 aromatic heterocycles. The number of rotatable bonds is 5. The summed E-state index contributed by atoms with van der Waals surface area (Å²) in [6.45, 7) is 1.22. The third kappa shape index (κ3) is 4.48. The van der Waals surface area contributed by atoms with Crippen LogP contribution < -0.4 is 10.1 Å². The number of benzene rings is 2. The van der Waals surface area contributed by atoms with Crippen LogP contribution in [0.2, 0.25) is 10.0 Å². The first-order chi connectivity index (χ1) is 10.5. The molecule has 0 aliphatic rings. The van der Waals surface area contributed by atoms with E-state index in [1.807, 2.05) is 0 Å². The molecule has 114 valence electrons. The van der Waals surface area contributed by atoms with Gasteiger partial charge in [0.1, 0.15) is 5.75 Å². The molecule has 1 amide bonds. The fraction of sp³-hybridized carbons (Fsp3) is 0.125. The van der Waals surface area contributed by atoms with Crippen LogP contribution in [0.25, 0.3) is 0 Å². The molecule has 2 rings (SSSR count). The maximum absolute atomic E-state index is 11.9. The number of anilines is 1. The second kappa shape index (κ2) is 7.29. The van der Waals surface area contributed by atoms with Crippen molar-refractivity contribution in [2.75, 3.05) is 11.9 Å². The summed E-state index contributed by atoms with van der Waals surface area (Å²) in [5, 5.41) is 3.48. The van der Waals surface area contributed by atoms with E-state index in [9.17, 15) is 9.59 Å². The van der Waals surface area contributed by atoms with Crippen LogP contribution in [0.15, 0.2) is 42.5 Å². The average Bonchev–Trinajstić information content (AvgIpc) is 2.44. The van der Waals surface area contributed by atoms with Gasteiger partial charge >= 0.3 is 0 Å². The Morgan fingerprint density at radius 3 is 2.36 bits per heavy atom. The molecule has 0 bridgehead atoms. The van der Waals surface area contributed by atoms with E-state index in [4.69, 9.17) is 27.9 Å². The lowest BCUT2D eigenvalue weighted by atomic mass is 10.1. The molecule has 22 heavy (non-hydrogen) atoms. The summed E-state index contributed by atoms with van der Waals surface area (Å²) >= 11 is 11.7. The van der Waals surface area contributed by atoms with Gasteiger partial charge < -0.3 is 10.1 Å². The normalized spacial score (nSPS) is 10.1. The van der Waals surface area contributed by atoms with E-state index in [0.29, 0.717) is 27.0 Å². The van der Waals surface area contributed by atoms with Crippen molar-refractivity contribution >= 4 is 40.6 Å². The number of hydrogen-bond donors (Lipinski definition) is 1. The van der Waals surface area contributed by atoms with Crippen molar-refractivity contribution in [3.8, 4) is 5.75 Å². The highest BCUT2D eigenvalue weighted by Crippen LogP contribution is 2.24. The van der Waals surface area contributed by atoms with Gasteiger partial charge in [0.25, 0.3) is 5.91 Å². The summed E-state index contributed by atoms with van der Waals surface area (Å²) in [4.78, 5) is 23.4. The summed E-state index contributed by atoms with van der Waals surface area (Å²) in [5.41, 5.74) is 0.898. The molecule has 0 spiro atoms. The maximum atomic E-state index is 11.9. The van der Waals surface area contributed by atoms with E-state index >= 15 is 0 Å². The number of hydrogen-bond acceptors (Lipinski definition) is 3. The first-order valence-corrected chi connectivity index (χ1v) is 7.20. The Hall–Kier alpha value is -2.04. The zero-order valence-electron chi connectivity index (χ0n) is 11.7. The molecule has 0 saturated carbocycles. The molecule has 0 fully saturated rings. The van der Waals surface area contributed by atoms with Gasteiger partial charge in [-0.15, -0.1) is 0 Å². The summed E-state index contributed by atoms with van der Waals surface area (Å²) in [7, 11) is 0. The van der Waals surface area contributed by atoms with Gasteiger partial charge in [-0.1, -0.05) is 35.3 Å². The number of ketones is 1. The standard InChI is InChI=1S/C16H13Cl2NO3/c1-10(20)14-4-2-3-5-15(14)19-16(21)9-22-13-7-11(17)6-12(18)8-13/h2-8H,9H2,1H3,(H,19,21). The molecule has 2 aromatic rings. The van der Waals surface area contributed by atoms with Gasteiger partial charge in [-0.05, 0) is 37.3 Å². The predicted molar refractivity (Wildman–Crippen MR) is 87.0 cm³/mol. The lowest BCUT2D eigenvalue weighted by Gasteiger charge is -2.10. The van der Waals surface area contributed by atoms with Crippen molar-refractivity contribution in [1.82, 2.24) is 0 Å². The topological polar surface area (TPSA) is 55.4 Å². The van der Waals surface area contributed by atoms with Crippen molar-refractivity contribution in [2.45, 2.75) is 6.92 Å². The zero-order valence-corrected chi connectivity index (χ0v) is 13.2. The Labute approximate surface area is 138 Å². The molecule has 2 aromatic carbocycles. The first kappa shape index (κ1) is 16.3. The minimum absolute atomic E-state index is 0.126. The highest BCUT2D eigenvalue weighted by atomic mass is 35.5. The van der Waals surface area contributed by atoms with Crippen LogP contribution in [-0.4, -0.2) is 18.3 Å². The summed E-state index contributed by atoms with van der Waals surface area (Å²) in [6, 6.07) is 11.5. The van der Waals surface area contributed by atoms with Crippen LogP contribution in [0.3, 0.4) is 0 Å². The largest absolute Gasteiger partial charge is 0.484 e. The summed E-state index contributed by atoms with van der Waals surface area (Å²) in [6.07, 6.45) is 0. The zero-order chi connectivity index (χ0) is 16.1.